The third kappa shape index (κ3) is 3.41. The van der Waals surface area contributed by atoms with E-state index in [0.717, 1.165) is 22.9 Å². The van der Waals surface area contributed by atoms with Crippen molar-refractivity contribution in [2.45, 2.75) is 25.4 Å². The van der Waals surface area contributed by atoms with Gasteiger partial charge in [-0.25, -0.2) is 0 Å². The maximum atomic E-state index is 12.8. The number of thioether (sulfide) groups is 1. The van der Waals surface area contributed by atoms with E-state index in [1.54, 1.807) is 30.3 Å². The average Bonchev–Trinajstić information content (AvgIpc) is 3.10. The molecule has 2 heterocycles. The zero-order valence-corrected chi connectivity index (χ0v) is 16.0. The van der Waals surface area contributed by atoms with Crippen molar-refractivity contribution in [3.63, 3.8) is 0 Å². The fourth-order valence-electron chi connectivity index (χ4n) is 3.32. The molecule has 1 N–H and O–H groups in total. The standard InChI is InChI=1S/C21H17NO5S/c1-21(2)17(14-5-3-4-6-15(14)27-21)19(24)26-13-9-7-12(8-10-13)11-16-18(23)22-20(25)28-16/h3-11,17H,1-2H3,(H,22,23,25)/b16-11-/t17-/m1/s1. The second-order valence-corrected chi connectivity index (χ2v) is 8.03. The third-order valence-corrected chi connectivity index (χ3v) is 5.38. The number of fused-ring (bicyclic) bond motifs is 1. The molecule has 7 heteroatoms. The molecule has 142 valence electrons. The van der Waals surface area contributed by atoms with E-state index in [4.69, 9.17) is 9.47 Å². The summed E-state index contributed by atoms with van der Waals surface area (Å²) in [5.41, 5.74) is 0.833. The molecular weight excluding hydrogens is 378 g/mol. The van der Waals surface area contributed by atoms with Gasteiger partial charge in [-0.2, -0.15) is 0 Å². The Bertz CT molecular complexity index is 1010. The topological polar surface area (TPSA) is 81.7 Å². The average molecular weight is 395 g/mol. The molecule has 2 aliphatic heterocycles. The lowest BCUT2D eigenvalue weighted by atomic mass is 9.87. The Balaban J connectivity index is 1.51. The van der Waals surface area contributed by atoms with Gasteiger partial charge in [0, 0.05) is 5.56 Å². The highest BCUT2D eigenvalue weighted by atomic mass is 32.2. The predicted molar refractivity (Wildman–Crippen MR) is 105 cm³/mol. The monoisotopic (exact) mass is 395 g/mol. The summed E-state index contributed by atoms with van der Waals surface area (Å²) in [5.74, 6) is -0.245. The van der Waals surface area contributed by atoms with Crippen LogP contribution in [-0.2, 0) is 9.59 Å². The van der Waals surface area contributed by atoms with Crippen molar-refractivity contribution in [1.82, 2.24) is 5.32 Å². The van der Waals surface area contributed by atoms with Crippen molar-refractivity contribution in [3.05, 3.63) is 64.6 Å². The highest BCUT2D eigenvalue weighted by Crippen LogP contribution is 2.45. The summed E-state index contributed by atoms with van der Waals surface area (Å²) >= 11 is 0.856. The van der Waals surface area contributed by atoms with Crippen LogP contribution in [0.25, 0.3) is 6.08 Å². The first-order chi connectivity index (χ1) is 13.3. The Morgan fingerprint density at radius 1 is 1.14 bits per heavy atom. The second kappa shape index (κ2) is 6.83. The molecule has 6 nitrogen and oxygen atoms in total. The quantitative estimate of drug-likeness (QED) is 0.483. The van der Waals surface area contributed by atoms with Gasteiger partial charge in [0.05, 0.1) is 4.91 Å². The molecule has 0 saturated carbocycles. The molecule has 4 rings (SSSR count). The molecule has 0 aromatic heterocycles. The molecule has 1 fully saturated rings. The van der Waals surface area contributed by atoms with Gasteiger partial charge >= 0.3 is 5.97 Å². The van der Waals surface area contributed by atoms with Crippen molar-refractivity contribution in [1.29, 1.82) is 0 Å². The molecule has 2 aromatic carbocycles. The number of carbonyl (C=O) groups excluding carboxylic acids is 3. The van der Waals surface area contributed by atoms with Gasteiger partial charge in [0.1, 0.15) is 23.0 Å². The number of nitrogens with one attached hydrogen (secondary N) is 1. The molecule has 0 radical (unpaired) electrons. The second-order valence-electron chi connectivity index (χ2n) is 7.02. The van der Waals surface area contributed by atoms with E-state index in [0.29, 0.717) is 16.4 Å². The summed E-state index contributed by atoms with van der Waals surface area (Å²) in [4.78, 5) is 36.0. The van der Waals surface area contributed by atoms with Crippen LogP contribution in [0.2, 0.25) is 0 Å². The summed E-state index contributed by atoms with van der Waals surface area (Å²) in [6, 6.07) is 14.2. The number of esters is 1. The number of carbonyl (C=O) groups is 3. The number of imide groups is 1. The third-order valence-electron chi connectivity index (χ3n) is 4.57. The number of ether oxygens (including phenoxy) is 2. The lowest BCUT2D eigenvalue weighted by molar-refractivity contribution is -0.139. The van der Waals surface area contributed by atoms with Crippen molar-refractivity contribution < 1.29 is 23.9 Å². The van der Waals surface area contributed by atoms with Gasteiger partial charge in [-0.15, -0.1) is 0 Å². The normalized spacial score (nSPS) is 21.2. The number of hydrogen-bond donors (Lipinski definition) is 1. The first-order valence-corrected chi connectivity index (χ1v) is 9.50. The fraction of sp³-hybridized carbons (Fsp3) is 0.190. The van der Waals surface area contributed by atoms with Gasteiger partial charge in [-0.1, -0.05) is 30.3 Å². The smallest absolute Gasteiger partial charge is 0.323 e. The highest BCUT2D eigenvalue weighted by Gasteiger charge is 2.46. The molecule has 0 aliphatic carbocycles. The van der Waals surface area contributed by atoms with Gasteiger partial charge in [-0.05, 0) is 55.4 Å². The van der Waals surface area contributed by atoms with E-state index in [1.165, 1.54) is 0 Å². The Labute approximate surface area is 165 Å². The molecule has 1 saturated heterocycles. The molecule has 0 bridgehead atoms. The molecular formula is C21H17NO5S. The van der Waals surface area contributed by atoms with E-state index in [2.05, 4.69) is 5.32 Å². The number of para-hydroxylation sites is 1. The van der Waals surface area contributed by atoms with Gasteiger partial charge in [0.25, 0.3) is 11.1 Å². The number of rotatable bonds is 3. The SMILES string of the molecule is CC1(C)Oc2ccccc2[C@@H]1C(=O)Oc1ccc(/C=C2\SC(=O)NC2=O)cc1. The number of benzene rings is 2. The van der Waals surface area contributed by atoms with Crippen LogP contribution >= 0.6 is 11.8 Å². The Hall–Kier alpha value is -3.06. The molecule has 2 aliphatic rings. The lowest BCUT2D eigenvalue weighted by Crippen LogP contribution is -2.37. The van der Waals surface area contributed by atoms with E-state index in [9.17, 15) is 14.4 Å². The highest BCUT2D eigenvalue weighted by molar-refractivity contribution is 8.18. The molecule has 2 amide bonds. The van der Waals surface area contributed by atoms with Crippen LogP contribution in [0, 0.1) is 0 Å². The maximum Gasteiger partial charge on any atom is 0.323 e. The first-order valence-electron chi connectivity index (χ1n) is 8.68. The van der Waals surface area contributed by atoms with E-state index < -0.39 is 23.4 Å². The summed E-state index contributed by atoms with van der Waals surface area (Å²) in [5, 5.41) is 1.82. The van der Waals surface area contributed by atoms with Gasteiger partial charge < -0.3 is 9.47 Å². The largest absolute Gasteiger partial charge is 0.486 e. The van der Waals surface area contributed by atoms with Gasteiger partial charge in [-0.3, -0.25) is 19.7 Å². The fourth-order valence-corrected chi connectivity index (χ4v) is 4.00. The van der Waals surface area contributed by atoms with Crippen LogP contribution in [0.15, 0.2) is 53.4 Å². The van der Waals surface area contributed by atoms with Crippen molar-refractivity contribution in [2.75, 3.05) is 0 Å². The minimum Gasteiger partial charge on any atom is -0.486 e. The summed E-state index contributed by atoms with van der Waals surface area (Å²) in [6.45, 7) is 3.72. The van der Waals surface area contributed by atoms with Gasteiger partial charge in [0.2, 0.25) is 0 Å². The van der Waals surface area contributed by atoms with E-state index in [-0.39, 0.29) is 5.24 Å². The summed E-state index contributed by atoms with van der Waals surface area (Å²) in [7, 11) is 0. The Morgan fingerprint density at radius 2 is 1.86 bits per heavy atom. The predicted octanol–water partition coefficient (Wildman–Crippen LogP) is 3.87. The maximum absolute atomic E-state index is 12.8. The van der Waals surface area contributed by atoms with Crippen LogP contribution in [0.1, 0.15) is 30.9 Å². The van der Waals surface area contributed by atoms with Crippen LogP contribution in [0.3, 0.4) is 0 Å². The van der Waals surface area contributed by atoms with Crippen molar-refractivity contribution in [2.24, 2.45) is 0 Å². The zero-order valence-electron chi connectivity index (χ0n) is 15.2. The molecule has 0 unspecified atom stereocenters. The molecule has 0 spiro atoms. The molecule has 28 heavy (non-hydrogen) atoms. The van der Waals surface area contributed by atoms with Crippen molar-refractivity contribution in [3.8, 4) is 11.5 Å². The lowest BCUT2D eigenvalue weighted by Gasteiger charge is -2.24. The van der Waals surface area contributed by atoms with Crippen LogP contribution < -0.4 is 14.8 Å². The Morgan fingerprint density at radius 3 is 2.54 bits per heavy atom. The van der Waals surface area contributed by atoms with Crippen LogP contribution in [0.5, 0.6) is 11.5 Å². The Kier molecular flexibility index (Phi) is 4.47. The van der Waals surface area contributed by atoms with E-state index >= 15 is 0 Å². The first kappa shape index (κ1) is 18.3. The number of hydrogen-bond acceptors (Lipinski definition) is 6. The molecule has 1 atom stereocenters. The number of amides is 2. The van der Waals surface area contributed by atoms with Crippen LogP contribution in [0.4, 0.5) is 4.79 Å². The van der Waals surface area contributed by atoms with E-state index in [1.807, 2.05) is 38.1 Å². The van der Waals surface area contributed by atoms with Gasteiger partial charge in [0.15, 0.2) is 0 Å². The summed E-state index contributed by atoms with van der Waals surface area (Å²) in [6.07, 6.45) is 1.61. The zero-order chi connectivity index (χ0) is 19.9. The van der Waals surface area contributed by atoms with Crippen molar-refractivity contribution >= 4 is 35.0 Å². The van der Waals surface area contributed by atoms with Crippen LogP contribution in [-0.4, -0.2) is 22.7 Å². The minimum absolute atomic E-state index is 0.330. The summed E-state index contributed by atoms with van der Waals surface area (Å²) < 4.78 is 11.5. The minimum atomic E-state index is -0.704. The molecule has 2 aromatic rings.